The zero-order valence-corrected chi connectivity index (χ0v) is 21.2. The molecule has 0 radical (unpaired) electrons. The molecule has 3 N–H and O–H groups in total. The maximum absolute atomic E-state index is 4.63. The molecule has 5 aromatic rings. The normalized spacial score (nSPS) is 12.4. The molecule has 0 aromatic carbocycles. The molecule has 0 aliphatic carbocycles. The van der Waals surface area contributed by atoms with Crippen LogP contribution in [0.2, 0.25) is 0 Å². The van der Waals surface area contributed by atoms with E-state index in [2.05, 4.69) is 86.7 Å². The van der Waals surface area contributed by atoms with E-state index in [1.165, 1.54) is 0 Å². The Morgan fingerprint density at radius 3 is 2.68 bits per heavy atom. The first-order chi connectivity index (χ1) is 18.0. The highest BCUT2D eigenvalue weighted by Crippen LogP contribution is 2.33. The molecule has 0 unspecified atom stereocenters. The number of nitrogens with zero attached hydrogens (tertiary/aromatic N) is 4. The Kier molecular flexibility index (Phi) is 6.51. The van der Waals surface area contributed by atoms with Gasteiger partial charge in [0.25, 0.3) is 0 Å². The standard InChI is InChI=1S/C30H29N7/c1-6-20(11-23(7-2)34-19(5)18(3)4)22-12-25-29(36-37-30(25)33-15-22)27-13-24-26(16-32-17-28(24)35-27)21-9-8-10-31-14-21/h6-18,34-35H,2,5H2,1,3-4H3,(H,33,36,37)/b20-6+,23-11+. The number of rotatable bonds is 8. The number of aromatic amines is 2. The van der Waals surface area contributed by atoms with Crippen molar-refractivity contribution in [3.05, 3.63) is 104 Å². The van der Waals surface area contributed by atoms with Gasteiger partial charge < -0.3 is 10.3 Å². The van der Waals surface area contributed by atoms with E-state index in [1.807, 2.05) is 43.8 Å². The summed E-state index contributed by atoms with van der Waals surface area (Å²) in [5.74, 6) is 0.314. The molecular formula is C30H29N7. The molecule has 5 rings (SSSR count). The van der Waals surface area contributed by atoms with Crippen LogP contribution in [0.1, 0.15) is 26.3 Å². The van der Waals surface area contributed by atoms with Gasteiger partial charge in [0.05, 0.1) is 23.1 Å². The highest BCUT2D eigenvalue weighted by molar-refractivity contribution is 6.00. The first-order valence-electron chi connectivity index (χ1n) is 12.2. The SMILES string of the molecule is C=C/C(=C\C(=C/C)c1cnc2n[nH]c(-c3cc4c(-c5cccnc5)cncc4[nH]3)c2c1)NC(=C)C(C)C. The molecule has 7 nitrogen and oxygen atoms in total. The molecule has 5 aromatic heterocycles. The van der Waals surface area contributed by atoms with Crippen molar-refractivity contribution in [2.45, 2.75) is 20.8 Å². The van der Waals surface area contributed by atoms with Crippen LogP contribution >= 0.6 is 0 Å². The first-order valence-corrected chi connectivity index (χ1v) is 12.2. The molecule has 0 fully saturated rings. The van der Waals surface area contributed by atoms with E-state index in [-0.39, 0.29) is 0 Å². The summed E-state index contributed by atoms with van der Waals surface area (Å²) in [4.78, 5) is 16.8. The van der Waals surface area contributed by atoms with Crippen LogP contribution in [-0.2, 0) is 0 Å². The van der Waals surface area contributed by atoms with E-state index in [9.17, 15) is 0 Å². The fraction of sp³-hybridized carbons (Fsp3) is 0.133. The lowest BCUT2D eigenvalue weighted by Gasteiger charge is -2.14. The molecule has 0 bridgehead atoms. The summed E-state index contributed by atoms with van der Waals surface area (Å²) in [6.07, 6.45) is 15.1. The van der Waals surface area contributed by atoms with Gasteiger partial charge in [0.1, 0.15) is 0 Å². The second-order valence-corrected chi connectivity index (χ2v) is 9.12. The predicted octanol–water partition coefficient (Wildman–Crippen LogP) is 6.80. The Labute approximate surface area is 215 Å². The van der Waals surface area contributed by atoms with Gasteiger partial charge >= 0.3 is 0 Å². The minimum atomic E-state index is 0.314. The summed E-state index contributed by atoms with van der Waals surface area (Å²) in [7, 11) is 0. The van der Waals surface area contributed by atoms with Crippen LogP contribution in [0.5, 0.6) is 0 Å². The molecule has 5 heterocycles. The van der Waals surface area contributed by atoms with Crippen LogP contribution in [0.15, 0.2) is 98.0 Å². The van der Waals surface area contributed by atoms with E-state index in [0.29, 0.717) is 11.6 Å². The molecule has 0 aliphatic heterocycles. The lowest BCUT2D eigenvalue weighted by molar-refractivity contribution is 0.710. The molecule has 0 atom stereocenters. The summed E-state index contributed by atoms with van der Waals surface area (Å²) in [5, 5.41) is 13.0. The van der Waals surface area contributed by atoms with Gasteiger partial charge in [-0.15, -0.1) is 0 Å². The quantitative estimate of drug-likeness (QED) is 0.209. The van der Waals surface area contributed by atoms with E-state index < -0.39 is 0 Å². The van der Waals surface area contributed by atoms with Crippen LogP contribution < -0.4 is 5.32 Å². The minimum absolute atomic E-state index is 0.314. The number of pyridine rings is 3. The molecule has 37 heavy (non-hydrogen) atoms. The number of hydrogen-bond acceptors (Lipinski definition) is 5. The van der Waals surface area contributed by atoms with Crippen LogP contribution in [0.25, 0.3) is 50.0 Å². The van der Waals surface area contributed by atoms with Gasteiger partial charge in [-0.3, -0.25) is 15.1 Å². The molecule has 184 valence electrons. The third-order valence-electron chi connectivity index (χ3n) is 6.37. The van der Waals surface area contributed by atoms with Crippen LogP contribution in [-0.4, -0.2) is 30.1 Å². The highest BCUT2D eigenvalue weighted by atomic mass is 15.2. The van der Waals surface area contributed by atoms with E-state index in [1.54, 1.807) is 12.3 Å². The topological polar surface area (TPSA) is 95.2 Å². The van der Waals surface area contributed by atoms with Crippen molar-refractivity contribution in [2.75, 3.05) is 0 Å². The number of hydrogen-bond donors (Lipinski definition) is 3. The third-order valence-corrected chi connectivity index (χ3v) is 6.37. The molecule has 0 spiro atoms. The van der Waals surface area contributed by atoms with Crippen molar-refractivity contribution < 1.29 is 0 Å². The fourth-order valence-electron chi connectivity index (χ4n) is 4.18. The average Bonchev–Trinajstić information content (AvgIpc) is 3.54. The van der Waals surface area contributed by atoms with Crippen LogP contribution in [0, 0.1) is 5.92 Å². The Morgan fingerprint density at radius 2 is 1.95 bits per heavy atom. The van der Waals surface area contributed by atoms with E-state index >= 15 is 0 Å². The summed E-state index contributed by atoms with van der Waals surface area (Å²) in [5.41, 5.74) is 9.20. The van der Waals surface area contributed by atoms with Gasteiger partial charge in [-0.1, -0.05) is 39.1 Å². The summed E-state index contributed by atoms with van der Waals surface area (Å²) in [6.45, 7) is 14.3. The van der Waals surface area contributed by atoms with Gasteiger partial charge in [-0.25, -0.2) is 4.98 Å². The van der Waals surface area contributed by atoms with Gasteiger partial charge in [0.2, 0.25) is 0 Å². The van der Waals surface area contributed by atoms with E-state index in [4.69, 9.17) is 0 Å². The fourth-order valence-corrected chi connectivity index (χ4v) is 4.18. The number of aromatic nitrogens is 6. The zero-order chi connectivity index (χ0) is 25.9. The van der Waals surface area contributed by atoms with Crippen molar-refractivity contribution in [2.24, 2.45) is 5.92 Å². The second kappa shape index (κ2) is 10.1. The summed E-state index contributed by atoms with van der Waals surface area (Å²) < 4.78 is 0. The molecule has 7 heteroatoms. The second-order valence-electron chi connectivity index (χ2n) is 9.12. The Hall–Kier alpha value is -4.78. The lowest BCUT2D eigenvalue weighted by Crippen LogP contribution is -2.14. The Morgan fingerprint density at radius 1 is 1.08 bits per heavy atom. The van der Waals surface area contributed by atoms with Crippen molar-refractivity contribution in [1.29, 1.82) is 0 Å². The summed E-state index contributed by atoms with van der Waals surface area (Å²) >= 11 is 0. The number of fused-ring (bicyclic) bond motifs is 2. The molecule has 0 saturated carbocycles. The van der Waals surface area contributed by atoms with Crippen molar-refractivity contribution in [1.82, 2.24) is 35.5 Å². The van der Waals surface area contributed by atoms with E-state index in [0.717, 1.165) is 61.3 Å². The largest absolute Gasteiger partial charge is 0.359 e. The Bertz CT molecular complexity index is 1670. The van der Waals surface area contributed by atoms with Crippen molar-refractivity contribution in [3.63, 3.8) is 0 Å². The summed E-state index contributed by atoms with van der Waals surface area (Å²) in [6, 6.07) is 8.19. The maximum Gasteiger partial charge on any atom is 0.181 e. The third kappa shape index (κ3) is 4.71. The van der Waals surface area contributed by atoms with Crippen molar-refractivity contribution in [3.8, 4) is 22.5 Å². The smallest absolute Gasteiger partial charge is 0.181 e. The average molecular weight is 488 g/mol. The lowest BCUT2D eigenvalue weighted by atomic mass is 10.0. The highest BCUT2D eigenvalue weighted by Gasteiger charge is 2.15. The molecular weight excluding hydrogens is 458 g/mol. The number of allylic oxidation sites excluding steroid dienone is 5. The minimum Gasteiger partial charge on any atom is -0.359 e. The molecule has 0 aliphatic rings. The van der Waals surface area contributed by atoms with Crippen LogP contribution in [0.3, 0.4) is 0 Å². The maximum atomic E-state index is 4.63. The predicted molar refractivity (Wildman–Crippen MR) is 151 cm³/mol. The van der Waals surface area contributed by atoms with Crippen molar-refractivity contribution >= 4 is 27.5 Å². The first kappa shape index (κ1) is 23.9. The Balaban J connectivity index is 1.56. The zero-order valence-electron chi connectivity index (χ0n) is 21.2. The molecule has 0 saturated heterocycles. The van der Waals surface area contributed by atoms with Gasteiger partial charge in [0.15, 0.2) is 5.65 Å². The molecule has 0 amide bonds. The number of nitrogens with one attached hydrogen (secondary N) is 3. The van der Waals surface area contributed by atoms with Gasteiger partial charge in [-0.05, 0) is 48.8 Å². The van der Waals surface area contributed by atoms with Gasteiger partial charge in [-0.2, -0.15) is 5.10 Å². The number of H-pyrrole nitrogens is 2. The monoisotopic (exact) mass is 487 g/mol. The van der Waals surface area contributed by atoms with Gasteiger partial charge in [0, 0.05) is 63.6 Å². The van der Waals surface area contributed by atoms with Crippen LogP contribution in [0.4, 0.5) is 0 Å².